The van der Waals surface area contributed by atoms with E-state index in [4.69, 9.17) is 41.3 Å². The molecule has 18 nitrogen and oxygen atoms in total. The summed E-state index contributed by atoms with van der Waals surface area (Å²) in [5, 5.41) is 9.27. The number of ether oxygens (including phenoxy) is 4. The Balaban J connectivity index is 1.16. The number of rotatable bonds is 29. The van der Waals surface area contributed by atoms with Gasteiger partial charge in [0.15, 0.2) is 0 Å². The molecule has 1 fully saturated rings. The summed E-state index contributed by atoms with van der Waals surface area (Å²) in [6, 6.07) is 22.7. The summed E-state index contributed by atoms with van der Waals surface area (Å²) in [6.45, 7) is 18.7. The van der Waals surface area contributed by atoms with Crippen molar-refractivity contribution >= 4 is 52.8 Å². The minimum absolute atomic E-state index is 0.0635. The van der Waals surface area contributed by atoms with Crippen LogP contribution in [0.5, 0.6) is 5.75 Å². The average molecular weight is 1180 g/mol. The number of esters is 1. The minimum Gasteiger partial charge on any atom is -0.489 e. The first kappa shape index (κ1) is 66.3. The summed E-state index contributed by atoms with van der Waals surface area (Å²) in [6.07, 6.45) is 4.93. The number of carbonyl (C=O) groups is 6. The zero-order valence-corrected chi connectivity index (χ0v) is 52.0. The fraction of sp³-hybridized carbons (Fsp3) is 0.523. The van der Waals surface area contributed by atoms with Crippen molar-refractivity contribution in [2.45, 2.75) is 168 Å². The Labute approximate surface area is 501 Å². The van der Waals surface area contributed by atoms with Crippen LogP contribution in [0.4, 0.5) is 0 Å². The predicted octanol–water partition coefficient (Wildman–Crippen LogP) is 8.55. The number of imidazole rings is 1. The quantitative estimate of drug-likeness (QED) is 0.0331. The number of nitrogens with zero attached hydrogens (tertiary/aromatic N) is 4. The van der Waals surface area contributed by atoms with Crippen LogP contribution in [0.2, 0.25) is 5.02 Å². The Bertz CT molecular complexity index is 3020. The van der Waals surface area contributed by atoms with Crippen molar-refractivity contribution in [1.29, 1.82) is 0 Å². The van der Waals surface area contributed by atoms with E-state index in [1.165, 1.54) is 14.2 Å². The molecule has 1 saturated heterocycles. The van der Waals surface area contributed by atoms with Crippen molar-refractivity contribution in [3.8, 4) is 17.0 Å². The summed E-state index contributed by atoms with van der Waals surface area (Å²) in [4.78, 5) is 92.8. The molecular formula is C65H89ClN8O10. The van der Waals surface area contributed by atoms with Gasteiger partial charge in [0, 0.05) is 70.2 Å². The summed E-state index contributed by atoms with van der Waals surface area (Å²) >= 11 is 6.57. The normalized spacial score (nSPS) is 16.5. The first-order valence-corrected chi connectivity index (χ1v) is 29.8. The lowest BCUT2D eigenvalue weighted by molar-refractivity contribution is -0.150. The molecule has 0 spiro atoms. The van der Waals surface area contributed by atoms with Gasteiger partial charge in [0.05, 0.1) is 65.6 Å². The number of hydrogen-bond donors (Lipinski definition) is 4. The molecule has 5 N–H and O–H groups in total. The number of nitrogens with one attached hydrogen (secondary N) is 3. The van der Waals surface area contributed by atoms with E-state index >= 15 is 0 Å². The van der Waals surface area contributed by atoms with Gasteiger partial charge in [0.1, 0.15) is 23.5 Å². The lowest BCUT2D eigenvalue weighted by atomic mass is 9.89. The standard InChI is InChI=1S/C65H89ClN8O10/c1-14-41(6)57(72(11)62(78)56(39(2)3)71-64(80)65(9,10)67)54(81-12)37-55(75)74-32-19-23-52(74)58(82-13)43(8)60(76)70-50(35-44-21-16-15-17-22-44)63(79)83-33-30-48(68-61(77)47-28-29-53(49(66)36-47)84-40(4)5)34-45-24-26-46(27-25-45)51-38-73-31-18-20-42(7)59(73)69-51/h15-18,20-22,24-29,31,36,38-41,43,48,50,52,54,56-58H,14,19,23,30,32-35,37,67H2,1-13H3,(H,68,77)(H,70,76)(H,71,80). The van der Waals surface area contributed by atoms with Gasteiger partial charge in [-0.2, -0.15) is 0 Å². The maximum absolute atomic E-state index is 14.6. The zero-order valence-electron chi connectivity index (χ0n) is 51.3. The molecule has 1 aliphatic heterocycles. The first-order valence-electron chi connectivity index (χ1n) is 29.4. The van der Waals surface area contributed by atoms with Crippen LogP contribution >= 0.6 is 11.6 Å². The average Bonchev–Trinajstić information content (AvgIpc) is 4.35. The highest BCUT2D eigenvalue weighted by atomic mass is 35.5. The number of fused-ring (bicyclic) bond motifs is 1. The number of methoxy groups -OCH3 is 2. The van der Waals surface area contributed by atoms with Gasteiger partial charge in [0.25, 0.3) is 5.91 Å². The van der Waals surface area contributed by atoms with E-state index < -0.39 is 71.7 Å². The molecule has 9 unspecified atom stereocenters. The maximum atomic E-state index is 14.6. The van der Waals surface area contributed by atoms with Crippen molar-refractivity contribution in [2.75, 3.05) is 34.4 Å². The molecular weight excluding hydrogens is 1090 g/mol. The molecule has 3 heterocycles. The molecule has 9 atom stereocenters. The number of amides is 5. The Hall–Kier alpha value is -6.86. The van der Waals surface area contributed by atoms with Gasteiger partial charge in [-0.15, -0.1) is 0 Å². The molecule has 1 aliphatic rings. The number of aromatic nitrogens is 2. The van der Waals surface area contributed by atoms with Gasteiger partial charge >= 0.3 is 5.97 Å². The molecule has 0 radical (unpaired) electrons. The van der Waals surface area contributed by atoms with Crippen LogP contribution < -0.4 is 26.4 Å². The molecule has 0 bridgehead atoms. The van der Waals surface area contributed by atoms with E-state index in [1.54, 1.807) is 55.8 Å². The fourth-order valence-corrected chi connectivity index (χ4v) is 11.2. The van der Waals surface area contributed by atoms with Gasteiger partial charge in [-0.05, 0) is 107 Å². The van der Waals surface area contributed by atoms with Gasteiger partial charge in [-0.25, -0.2) is 9.78 Å². The minimum atomic E-state index is -1.21. The Kier molecular flexibility index (Phi) is 23.9. The second-order valence-electron chi connectivity index (χ2n) is 23.6. The van der Waals surface area contributed by atoms with Gasteiger partial charge in [-0.3, -0.25) is 24.0 Å². The third-order valence-electron chi connectivity index (χ3n) is 16.0. The van der Waals surface area contributed by atoms with Crippen LogP contribution in [-0.4, -0.2) is 143 Å². The summed E-state index contributed by atoms with van der Waals surface area (Å²) in [7, 11) is 4.71. The van der Waals surface area contributed by atoms with E-state index in [9.17, 15) is 28.8 Å². The Morgan fingerprint density at radius 2 is 1.56 bits per heavy atom. The van der Waals surface area contributed by atoms with Gasteiger partial charge < -0.3 is 54.8 Å². The topological polar surface area (TPSA) is 225 Å². The molecule has 5 amide bonds. The second-order valence-corrected chi connectivity index (χ2v) is 24.1. The van der Waals surface area contributed by atoms with Crippen molar-refractivity contribution < 1.29 is 47.7 Å². The number of likely N-dealkylation sites (tertiary alicyclic amines) is 1. The number of pyridine rings is 1. The lowest BCUT2D eigenvalue weighted by Gasteiger charge is -2.41. The zero-order chi connectivity index (χ0) is 61.6. The number of carbonyl (C=O) groups excluding carboxylic acids is 6. The Morgan fingerprint density at radius 1 is 0.869 bits per heavy atom. The summed E-state index contributed by atoms with van der Waals surface area (Å²) < 4.78 is 26.0. The lowest BCUT2D eigenvalue weighted by Crippen LogP contribution is -2.60. The van der Waals surface area contributed by atoms with Crippen molar-refractivity contribution in [1.82, 2.24) is 35.1 Å². The SMILES string of the molecule is CCC(C)C(C(CC(=O)N1CCCC1C(OC)C(C)C(=O)NC(Cc1ccccc1)C(=O)OCCC(Cc1ccc(-c2cn3cccc(C)c3n2)cc1)NC(=O)c1ccc(OC(C)C)c(Cl)c1)OC)N(C)C(=O)C(NC(=O)C(C)(C)N)C(C)C. The molecule has 5 aromatic rings. The van der Waals surface area contributed by atoms with Crippen molar-refractivity contribution in [3.63, 3.8) is 0 Å². The van der Waals surface area contributed by atoms with E-state index in [1.807, 2.05) is 132 Å². The van der Waals surface area contributed by atoms with Crippen LogP contribution in [0.25, 0.3) is 16.9 Å². The number of aryl methyl sites for hydroxylation is 1. The number of hydrogen-bond acceptors (Lipinski definition) is 12. The number of likely N-dealkylation sites (N-methyl/N-ethyl adjacent to an activating group) is 1. The molecule has 84 heavy (non-hydrogen) atoms. The highest BCUT2D eigenvalue weighted by Gasteiger charge is 2.44. The first-order chi connectivity index (χ1) is 39.8. The van der Waals surface area contributed by atoms with Crippen LogP contribution in [-0.2, 0) is 51.0 Å². The smallest absolute Gasteiger partial charge is 0.328 e. The van der Waals surface area contributed by atoms with Crippen molar-refractivity contribution in [3.05, 3.63) is 125 Å². The molecule has 0 saturated carbocycles. The fourth-order valence-electron chi connectivity index (χ4n) is 11.0. The third-order valence-corrected chi connectivity index (χ3v) is 16.3. The molecule has 0 aliphatic carbocycles. The largest absolute Gasteiger partial charge is 0.489 e. The van der Waals surface area contributed by atoms with Crippen LogP contribution in [0.1, 0.15) is 121 Å². The number of nitrogens with two attached hydrogens (primary N) is 1. The summed E-state index contributed by atoms with van der Waals surface area (Å²) in [5.41, 5.74) is 10.6. The van der Waals surface area contributed by atoms with E-state index in [0.717, 1.165) is 33.6 Å². The van der Waals surface area contributed by atoms with Crippen molar-refractivity contribution in [2.24, 2.45) is 23.5 Å². The van der Waals surface area contributed by atoms with Crippen LogP contribution in [0, 0.1) is 24.7 Å². The Morgan fingerprint density at radius 3 is 2.17 bits per heavy atom. The molecule has 3 aromatic carbocycles. The number of benzene rings is 3. The highest BCUT2D eigenvalue weighted by molar-refractivity contribution is 6.32. The monoisotopic (exact) mass is 1180 g/mol. The van der Waals surface area contributed by atoms with E-state index in [2.05, 4.69) is 16.0 Å². The molecule has 19 heteroatoms. The van der Waals surface area contributed by atoms with Crippen LogP contribution in [0.3, 0.4) is 0 Å². The third kappa shape index (κ3) is 17.4. The molecule has 6 rings (SSSR count). The van der Waals surface area contributed by atoms with E-state index in [-0.39, 0.29) is 61.5 Å². The second kappa shape index (κ2) is 30.3. The number of halogens is 1. The molecule has 2 aromatic heterocycles. The maximum Gasteiger partial charge on any atom is 0.328 e. The van der Waals surface area contributed by atoms with Gasteiger partial charge in [-0.1, -0.05) is 113 Å². The highest BCUT2D eigenvalue weighted by Crippen LogP contribution is 2.31. The summed E-state index contributed by atoms with van der Waals surface area (Å²) in [5.74, 6) is -3.23. The predicted molar refractivity (Wildman–Crippen MR) is 326 cm³/mol. The van der Waals surface area contributed by atoms with Crippen LogP contribution in [0.15, 0.2) is 97.3 Å². The van der Waals surface area contributed by atoms with E-state index in [0.29, 0.717) is 48.6 Å². The molecule has 456 valence electrons. The van der Waals surface area contributed by atoms with Gasteiger partial charge in [0.2, 0.25) is 23.6 Å².